The van der Waals surface area contributed by atoms with Gasteiger partial charge in [-0.3, -0.25) is 0 Å². The maximum absolute atomic E-state index is 14.9. The van der Waals surface area contributed by atoms with Crippen LogP contribution in [0.25, 0.3) is 10.8 Å². The van der Waals surface area contributed by atoms with E-state index < -0.39 is 0 Å². The van der Waals surface area contributed by atoms with Crippen LogP contribution in [-0.2, 0) is 6.42 Å². The number of hydrogen-bond acceptors (Lipinski definition) is 0. The van der Waals surface area contributed by atoms with Gasteiger partial charge in [0.05, 0.1) is 0 Å². The third-order valence-electron chi connectivity index (χ3n) is 7.71. The average molecular weight is 393 g/mol. The maximum Gasteiger partial charge on any atom is 0.131 e. The smallest absolute Gasteiger partial charge is 0.131 e. The van der Waals surface area contributed by atoms with Crippen LogP contribution in [0, 0.1) is 23.6 Å². The van der Waals surface area contributed by atoms with Gasteiger partial charge in [0.2, 0.25) is 0 Å². The lowest BCUT2D eigenvalue weighted by Gasteiger charge is -2.42. The first kappa shape index (κ1) is 20.6. The third kappa shape index (κ3) is 4.76. The fourth-order valence-electron chi connectivity index (χ4n) is 6.16. The van der Waals surface area contributed by atoms with E-state index in [1.165, 1.54) is 56.9 Å². The van der Waals surface area contributed by atoms with E-state index in [9.17, 15) is 4.39 Å². The van der Waals surface area contributed by atoms with Gasteiger partial charge in [-0.2, -0.15) is 0 Å². The molecule has 2 aliphatic rings. The number of halogens is 1. The van der Waals surface area contributed by atoms with Crippen LogP contribution in [0.15, 0.2) is 42.5 Å². The van der Waals surface area contributed by atoms with Crippen molar-refractivity contribution in [3.63, 3.8) is 0 Å². The molecule has 0 amide bonds. The van der Waals surface area contributed by atoms with Crippen molar-refractivity contribution in [1.29, 1.82) is 0 Å². The molecule has 2 aliphatic carbocycles. The first-order chi connectivity index (χ1) is 14.2. The van der Waals surface area contributed by atoms with E-state index >= 15 is 0 Å². The lowest BCUT2D eigenvalue weighted by atomic mass is 9.63. The zero-order valence-corrected chi connectivity index (χ0v) is 18.3. The lowest BCUT2D eigenvalue weighted by Crippen LogP contribution is -2.30. The van der Waals surface area contributed by atoms with Crippen molar-refractivity contribution in [2.24, 2.45) is 17.8 Å². The van der Waals surface area contributed by atoms with Crippen molar-refractivity contribution in [3.8, 4) is 0 Å². The summed E-state index contributed by atoms with van der Waals surface area (Å²) in [7, 11) is 0. The molecule has 0 radical (unpaired) electrons. The summed E-state index contributed by atoms with van der Waals surface area (Å²) in [6.07, 6.45) is 17.2. The van der Waals surface area contributed by atoms with E-state index in [-0.39, 0.29) is 5.82 Å². The Morgan fingerprint density at radius 2 is 1.83 bits per heavy atom. The van der Waals surface area contributed by atoms with Gasteiger partial charge < -0.3 is 0 Å². The Bertz CT molecular complexity index is 849. The Morgan fingerprint density at radius 3 is 2.66 bits per heavy atom. The number of hydrogen-bond donors (Lipinski definition) is 0. The van der Waals surface area contributed by atoms with Gasteiger partial charge in [0.15, 0.2) is 0 Å². The van der Waals surface area contributed by atoms with Crippen molar-refractivity contribution in [1.82, 2.24) is 0 Å². The van der Waals surface area contributed by atoms with Crippen LogP contribution in [0.3, 0.4) is 0 Å². The Kier molecular flexibility index (Phi) is 6.73. The molecule has 4 rings (SSSR count). The van der Waals surface area contributed by atoms with Gasteiger partial charge in [-0.25, -0.2) is 4.39 Å². The summed E-state index contributed by atoms with van der Waals surface area (Å²) in [4.78, 5) is 0. The normalized spacial score (nSPS) is 27.4. The Balaban J connectivity index is 1.47. The molecular formula is C28H37F. The van der Waals surface area contributed by atoms with Crippen LogP contribution in [0.1, 0.15) is 88.7 Å². The molecule has 4 atom stereocenters. The molecule has 0 spiro atoms. The second-order valence-electron chi connectivity index (χ2n) is 9.66. The molecule has 0 N–H and O–H groups in total. The highest BCUT2D eigenvalue weighted by atomic mass is 19.1. The van der Waals surface area contributed by atoms with Crippen LogP contribution in [0.5, 0.6) is 0 Å². The second kappa shape index (κ2) is 9.45. The summed E-state index contributed by atoms with van der Waals surface area (Å²) in [5.74, 6) is 3.41. The van der Waals surface area contributed by atoms with E-state index in [4.69, 9.17) is 0 Å². The van der Waals surface area contributed by atoms with Gasteiger partial charge in [0.25, 0.3) is 0 Å². The van der Waals surface area contributed by atoms with Crippen LogP contribution in [0.2, 0.25) is 0 Å². The molecule has 0 bridgehead atoms. The largest absolute Gasteiger partial charge is 0.206 e. The molecular weight excluding hydrogens is 355 g/mol. The fraction of sp³-hybridized carbons (Fsp3) is 0.571. The first-order valence-electron chi connectivity index (χ1n) is 12.0. The lowest BCUT2D eigenvalue weighted by molar-refractivity contribution is 0.114. The molecule has 2 fully saturated rings. The molecule has 0 saturated heterocycles. The molecule has 0 aromatic heterocycles. The van der Waals surface area contributed by atoms with Crippen molar-refractivity contribution in [2.75, 3.05) is 0 Å². The van der Waals surface area contributed by atoms with E-state index in [0.717, 1.165) is 46.9 Å². The van der Waals surface area contributed by atoms with Gasteiger partial charge >= 0.3 is 0 Å². The van der Waals surface area contributed by atoms with Crippen molar-refractivity contribution in [3.05, 3.63) is 59.4 Å². The minimum absolute atomic E-state index is 0.0476. The van der Waals surface area contributed by atoms with Crippen LogP contribution in [0.4, 0.5) is 4.39 Å². The van der Waals surface area contributed by atoms with Gasteiger partial charge in [0, 0.05) is 5.39 Å². The number of aryl methyl sites for hydroxylation is 1. The van der Waals surface area contributed by atoms with E-state index in [1.807, 2.05) is 6.92 Å². The number of allylic oxidation sites excluding steroid dienone is 2. The van der Waals surface area contributed by atoms with Gasteiger partial charge in [-0.1, -0.05) is 56.5 Å². The molecule has 0 nitrogen and oxygen atoms in total. The highest BCUT2D eigenvalue weighted by molar-refractivity contribution is 5.84. The highest BCUT2D eigenvalue weighted by Crippen LogP contribution is 2.48. The quantitative estimate of drug-likeness (QED) is 0.432. The second-order valence-corrected chi connectivity index (χ2v) is 9.66. The molecule has 156 valence electrons. The predicted molar refractivity (Wildman–Crippen MR) is 123 cm³/mol. The summed E-state index contributed by atoms with van der Waals surface area (Å²) >= 11 is 0. The maximum atomic E-state index is 14.9. The van der Waals surface area contributed by atoms with E-state index in [0.29, 0.717) is 5.92 Å². The first-order valence-corrected chi connectivity index (χ1v) is 12.0. The van der Waals surface area contributed by atoms with Crippen molar-refractivity contribution >= 4 is 10.8 Å². The van der Waals surface area contributed by atoms with Crippen molar-refractivity contribution < 1.29 is 4.39 Å². The molecule has 2 aromatic carbocycles. The third-order valence-corrected chi connectivity index (χ3v) is 7.71. The number of rotatable bonds is 6. The summed E-state index contributed by atoms with van der Waals surface area (Å²) in [5, 5.41) is 1.86. The van der Waals surface area contributed by atoms with Crippen LogP contribution < -0.4 is 0 Å². The topological polar surface area (TPSA) is 0 Å². The zero-order chi connectivity index (χ0) is 20.2. The van der Waals surface area contributed by atoms with E-state index in [1.54, 1.807) is 6.07 Å². The molecule has 0 aliphatic heterocycles. The number of benzene rings is 2. The van der Waals surface area contributed by atoms with E-state index in [2.05, 4.69) is 43.3 Å². The Hall–Kier alpha value is -1.63. The average Bonchev–Trinajstić information content (AvgIpc) is 2.74. The number of fused-ring (bicyclic) bond motifs is 2. The molecule has 2 aromatic rings. The van der Waals surface area contributed by atoms with Gasteiger partial charge in [0.1, 0.15) is 5.82 Å². The Morgan fingerprint density at radius 1 is 1.00 bits per heavy atom. The minimum Gasteiger partial charge on any atom is -0.206 e. The van der Waals surface area contributed by atoms with Crippen molar-refractivity contribution in [2.45, 2.75) is 84.0 Å². The van der Waals surface area contributed by atoms with Crippen LogP contribution >= 0.6 is 0 Å². The van der Waals surface area contributed by atoms with Crippen LogP contribution in [-0.4, -0.2) is 0 Å². The fourth-order valence-corrected chi connectivity index (χ4v) is 6.16. The predicted octanol–water partition coefficient (Wildman–Crippen LogP) is 8.59. The summed E-state index contributed by atoms with van der Waals surface area (Å²) < 4.78 is 14.9. The summed E-state index contributed by atoms with van der Waals surface area (Å²) in [6.45, 7) is 4.36. The molecule has 0 heterocycles. The summed E-state index contributed by atoms with van der Waals surface area (Å²) in [5.41, 5.74) is 2.47. The minimum atomic E-state index is -0.0476. The highest BCUT2D eigenvalue weighted by Gasteiger charge is 2.35. The van der Waals surface area contributed by atoms with Gasteiger partial charge in [-0.15, -0.1) is 0 Å². The molecule has 2 saturated carbocycles. The van der Waals surface area contributed by atoms with Gasteiger partial charge in [-0.05, 0) is 104 Å². The summed E-state index contributed by atoms with van der Waals surface area (Å²) in [6, 6.07) is 10.5. The monoisotopic (exact) mass is 392 g/mol. The molecule has 1 heteroatoms. The Labute approximate surface area is 176 Å². The molecule has 4 unspecified atom stereocenters. The SMILES string of the molecule is C/C=C/CCc1cc(F)c2cc(C3CCC4CC(CCC)CCC4C3)ccc2c1. The zero-order valence-electron chi connectivity index (χ0n) is 18.3. The molecule has 29 heavy (non-hydrogen) atoms. The standard InChI is InChI=1S/C28H37F/c1-3-5-6-8-21-16-26-14-13-25(19-27(26)28(29)17-21)24-12-11-22-15-20(7-4-2)9-10-23(22)18-24/h3,5,13-14,16-17,19-20,22-24H,4,6-12,15,18H2,1-2H3/b5-3+.